The number of hydrogen-bond acceptors (Lipinski definition) is 1. The van der Waals surface area contributed by atoms with Gasteiger partial charge >= 0.3 is 0 Å². The topological polar surface area (TPSA) is 12.0 Å². The summed E-state index contributed by atoms with van der Waals surface area (Å²) in [6.07, 6.45) is 7.57. The highest BCUT2D eigenvalue weighted by atomic mass is 35.5. The number of nitrogens with one attached hydrogen (secondary N) is 1. The number of unbranched alkanes of at least 4 members (excludes halogenated alkanes) is 1. The monoisotopic (exact) mass is 295 g/mol. The lowest BCUT2D eigenvalue weighted by Crippen LogP contribution is -2.25. The number of rotatable bonds is 10. The Labute approximate surface area is 130 Å². The first-order valence-electron chi connectivity index (χ1n) is 8.20. The Morgan fingerprint density at radius 1 is 1.10 bits per heavy atom. The molecule has 0 radical (unpaired) electrons. The van der Waals surface area contributed by atoms with E-state index in [0.717, 1.165) is 23.9 Å². The Hall–Kier alpha value is -0.530. The Balaban J connectivity index is 2.75. The molecule has 1 rings (SSSR count). The minimum atomic E-state index is 0.394. The highest BCUT2D eigenvalue weighted by molar-refractivity contribution is 6.31. The van der Waals surface area contributed by atoms with E-state index < -0.39 is 0 Å². The van der Waals surface area contributed by atoms with E-state index >= 15 is 0 Å². The molecule has 114 valence electrons. The molecule has 0 spiro atoms. The van der Waals surface area contributed by atoms with Gasteiger partial charge in [-0.3, -0.25) is 0 Å². The van der Waals surface area contributed by atoms with Gasteiger partial charge in [-0.05, 0) is 36.9 Å². The summed E-state index contributed by atoms with van der Waals surface area (Å²) in [6, 6.07) is 8.67. The zero-order chi connectivity index (χ0) is 14.8. The summed E-state index contributed by atoms with van der Waals surface area (Å²) in [4.78, 5) is 0. The standard InChI is InChI=1S/C18H30ClN/c1-4-7-10-15(6-3)14-18(20-13-5-2)16-11-8-9-12-17(16)19/h8-9,11-12,15,18,20H,4-7,10,13-14H2,1-3H3. The van der Waals surface area contributed by atoms with Crippen molar-refractivity contribution in [3.8, 4) is 0 Å². The minimum Gasteiger partial charge on any atom is -0.310 e. The smallest absolute Gasteiger partial charge is 0.0453 e. The second-order valence-corrected chi connectivity index (χ2v) is 6.09. The zero-order valence-electron chi connectivity index (χ0n) is 13.3. The fourth-order valence-corrected chi connectivity index (χ4v) is 2.98. The SMILES string of the molecule is CCCCC(CC)CC(NCCC)c1ccccc1Cl. The number of hydrogen-bond donors (Lipinski definition) is 1. The Morgan fingerprint density at radius 3 is 2.45 bits per heavy atom. The van der Waals surface area contributed by atoms with E-state index in [1.54, 1.807) is 0 Å². The summed E-state index contributed by atoms with van der Waals surface area (Å²) in [6.45, 7) is 7.85. The van der Waals surface area contributed by atoms with E-state index in [4.69, 9.17) is 11.6 Å². The van der Waals surface area contributed by atoms with Crippen LogP contribution in [0.4, 0.5) is 0 Å². The maximum absolute atomic E-state index is 6.39. The summed E-state index contributed by atoms with van der Waals surface area (Å²) in [5.74, 6) is 0.792. The molecule has 0 saturated carbocycles. The van der Waals surface area contributed by atoms with E-state index in [-0.39, 0.29) is 0 Å². The van der Waals surface area contributed by atoms with Crippen LogP contribution in [0.1, 0.15) is 70.9 Å². The Morgan fingerprint density at radius 2 is 1.85 bits per heavy atom. The molecule has 0 heterocycles. The second-order valence-electron chi connectivity index (χ2n) is 5.68. The maximum atomic E-state index is 6.39. The van der Waals surface area contributed by atoms with Gasteiger partial charge in [-0.1, -0.05) is 76.3 Å². The van der Waals surface area contributed by atoms with E-state index in [0.29, 0.717) is 6.04 Å². The van der Waals surface area contributed by atoms with Gasteiger partial charge in [-0.15, -0.1) is 0 Å². The Kier molecular flexibility index (Phi) is 8.97. The first-order chi connectivity index (χ1) is 9.72. The number of benzene rings is 1. The van der Waals surface area contributed by atoms with Crippen molar-refractivity contribution >= 4 is 11.6 Å². The first-order valence-corrected chi connectivity index (χ1v) is 8.58. The first kappa shape index (κ1) is 17.5. The van der Waals surface area contributed by atoms with Crippen molar-refractivity contribution in [2.75, 3.05) is 6.54 Å². The van der Waals surface area contributed by atoms with Gasteiger partial charge in [0.05, 0.1) is 0 Å². The molecule has 2 heteroatoms. The van der Waals surface area contributed by atoms with Crippen LogP contribution in [0.3, 0.4) is 0 Å². The summed E-state index contributed by atoms with van der Waals surface area (Å²) in [5, 5.41) is 4.58. The molecule has 1 aromatic rings. The average molecular weight is 296 g/mol. The maximum Gasteiger partial charge on any atom is 0.0453 e. The lowest BCUT2D eigenvalue weighted by Gasteiger charge is -2.25. The lowest BCUT2D eigenvalue weighted by molar-refractivity contribution is 0.354. The molecule has 0 aromatic heterocycles. The molecule has 20 heavy (non-hydrogen) atoms. The molecule has 0 aliphatic heterocycles. The molecular formula is C18H30ClN. The van der Waals surface area contributed by atoms with Crippen molar-refractivity contribution in [3.05, 3.63) is 34.9 Å². The molecule has 0 saturated heterocycles. The van der Waals surface area contributed by atoms with Gasteiger partial charge in [-0.25, -0.2) is 0 Å². The fourth-order valence-electron chi connectivity index (χ4n) is 2.71. The highest BCUT2D eigenvalue weighted by Gasteiger charge is 2.18. The van der Waals surface area contributed by atoms with Crippen LogP contribution in [-0.4, -0.2) is 6.54 Å². The summed E-state index contributed by atoms with van der Waals surface area (Å²) in [7, 11) is 0. The van der Waals surface area contributed by atoms with E-state index in [9.17, 15) is 0 Å². The van der Waals surface area contributed by atoms with Crippen LogP contribution >= 0.6 is 11.6 Å². The molecule has 0 aliphatic rings. The van der Waals surface area contributed by atoms with Crippen LogP contribution in [0.2, 0.25) is 5.02 Å². The molecule has 0 aliphatic carbocycles. The molecule has 0 fully saturated rings. The molecule has 1 nitrogen and oxygen atoms in total. The van der Waals surface area contributed by atoms with Gasteiger partial charge in [-0.2, -0.15) is 0 Å². The van der Waals surface area contributed by atoms with Gasteiger partial charge in [0.1, 0.15) is 0 Å². The summed E-state index contributed by atoms with van der Waals surface area (Å²) in [5.41, 5.74) is 1.26. The van der Waals surface area contributed by atoms with Crippen LogP contribution in [0.15, 0.2) is 24.3 Å². The van der Waals surface area contributed by atoms with Gasteiger partial charge < -0.3 is 5.32 Å². The Bertz CT molecular complexity index is 364. The summed E-state index contributed by atoms with van der Waals surface area (Å²) >= 11 is 6.39. The zero-order valence-corrected chi connectivity index (χ0v) is 14.0. The largest absolute Gasteiger partial charge is 0.310 e. The molecular weight excluding hydrogens is 266 g/mol. The third-order valence-electron chi connectivity index (χ3n) is 4.03. The van der Waals surface area contributed by atoms with Crippen molar-refractivity contribution in [2.24, 2.45) is 5.92 Å². The van der Waals surface area contributed by atoms with Crippen LogP contribution in [0.25, 0.3) is 0 Å². The van der Waals surface area contributed by atoms with Crippen molar-refractivity contribution in [1.82, 2.24) is 5.32 Å². The van der Waals surface area contributed by atoms with E-state index in [2.05, 4.69) is 38.2 Å². The summed E-state index contributed by atoms with van der Waals surface area (Å²) < 4.78 is 0. The molecule has 1 N–H and O–H groups in total. The van der Waals surface area contributed by atoms with Crippen molar-refractivity contribution in [3.63, 3.8) is 0 Å². The van der Waals surface area contributed by atoms with E-state index in [1.165, 1.54) is 37.7 Å². The average Bonchev–Trinajstić information content (AvgIpc) is 2.47. The molecule has 2 atom stereocenters. The van der Waals surface area contributed by atoms with Crippen molar-refractivity contribution < 1.29 is 0 Å². The van der Waals surface area contributed by atoms with Gasteiger partial charge in [0.15, 0.2) is 0 Å². The predicted octanol–water partition coefficient (Wildman–Crippen LogP) is 5.99. The van der Waals surface area contributed by atoms with Gasteiger partial charge in [0, 0.05) is 11.1 Å². The molecule has 0 amide bonds. The van der Waals surface area contributed by atoms with Crippen molar-refractivity contribution in [2.45, 2.75) is 65.3 Å². The normalized spacial score (nSPS) is 14.2. The van der Waals surface area contributed by atoms with Crippen LogP contribution in [-0.2, 0) is 0 Å². The molecule has 1 aromatic carbocycles. The van der Waals surface area contributed by atoms with Gasteiger partial charge in [0.2, 0.25) is 0 Å². The third-order valence-corrected chi connectivity index (χ3v) is 4.38. The van der Waals surface area contributed by atoms with Crippen LogP contribution < -0.4 is 5.32 Å². The lowest BCUT2D eigenvalue weighted by atomic mass is 9.89. The fraction of sp³-hybridized carbons (Fsp3) is 0.667. The van der Waals surface area contributed by atoms with Crippen LogP contribution in [0.5, 0.6) is 0 Å². The highest BCUT2D eigenvalue weighted by Crippen LogP contribution is 2.30. The minimum absolute atomic E-state index is 0.394. The number of halogens is 1. The molecule has 0 bridgehead atoms. The quantitative estimate of drug-likeness (QED) is 0.559. The van der Waals surface area contributed by atoms with E-state index in [1.807, 2.05) is 12.1 Å². The third kappa shape index (κ3) is 5.85. The second kappa shape index (κ2) is 10.2. The van der Waals surface area contributed by atoms with Gasteiger partial charge in [0.25, 0.3) is 0 Å². The predicted molar refractivity (Wildman–Crippen MR) is 90.4 cm³/mol. The van der Waals surface area contributed by atoms with Crippen LogP contribution in [0, 0.1) is 5.92 Å². The van der Waals surface area contributed by atoms with Crippen molar-refractivity contribution in [1.29, 1.82) is 0 Å². The molecule has 2 unspecified atom stereocenters.